The second-order valence-electron chi connectivity index (χ2n) is 8.10. The lowest BCUT2D eigenvalue weighted by Gasteiger charge is -2.25. The minimum atomic E-state index is -4.17. The number of nitrogens with zero attached hydrogens (tertiary/aromatic N) is 1. The monoisotopic (exact) mass is 529 g/mol. The van der Waals surface area contributed by atoms with E-state index in [0.29, 0.717) is 0 Å². The summed E-state index contributed by atoms with van der Waals surface area (Å²) in [6.45, 7) is 4.43. The standard InChI is InChI=1S/C21H28N3O9PS/c1-12(2)32-20(28)13(3)23-34(30,33-14-7-5-4-6-8-14)31-11-15-17(26)18(27)19(35-15)24-10-9-16(25)22-21(24)29/h4-10,12-13,15,17-19,26-27H,11H2,1-3H3,(H,23,30)(H,22,25,29)/t13-,15+,17+,18+,19+,34-/m0/s1. The van der Waals surface area contributed by atoms with Crippen LogP contribution in [0.4, 0.5) is 0 Å². The summed E-state index contributed by atoms with van der Waals surface area (Å²) in [7, 11) is -4.17. The summed E-state index contributed by atoms with van der Waals surface area (Å²) in [4.78, 5) is 37.8. The molecule has 0 aliphatic carbocycles. The van der Waals surface area contributed by atoms with Gasteiger partial charge in [0.25, 0.3) is 5.56 Å². The molecule has 0 spiro atoms. The van der Waals surface area contributed by atoms with Crippen LogP contribution in [0.15, 0.2) is 52.2 Å². The zero-order chi connectivity index (χ0) is 25.8. The van der Waals surface area contributed by atoms with Crippen molar-refractivity contribution in [3.8, 4) is 5.75 Å². The summed E-state index contributed by atoms with van der Waals surface area (Å²) in [5, 5.41) is 21.8. The van der Waals surface area contributed by atoms with Crippen molar-refractivity contribution in [1.29, 1.82) is 0 Å². The Labute approximate surface area is 205 Å². The molecule has 0 unspecified atom stereocenters. The zero-order valence-electron chi connectivity index (χ0n) is 19.3. The normalized spacial score (nSPS) is 24.6. The first-order valence-corrected chi connectivity index (χ1v) is 13.3. The Bertz CT molecular complexity index is 1170. The molecule has 0 bridgehead atoms. The molecule has 2 aromatic rings. The van der Waals surface area contributed by atoms with Crippen molar-refractivity contribution in [3.63, 3.8) is 0 Å². The second-order valence-corrected chi connectivity index (χ2v) is 11.2. The summed E-state index contributed by atoms with van der Waals surface area (Å²) < 4.78 is 30.9. The number of aromatic nitrogens is 2. The number of para-hydroxylation sites is 1. The summed E-state index contributed by atoms with van der Waals surface area (Å²) in [6.07, 6.45) is -1.90. The molecular weight excluding hydrogens is 501 g/mol. The highest BCUT2D eigenvalue weighted by molar-refractivity contribution is 8.00. The molecule has 4 N–H and O–H groups in total. The van der Waals surface area contributed by atoms with Gasteiger partial charge in [-0.05, 0) is 32.9 Å². The highest BCUT2D eigenvalue weighted by Crippen LogP contribution is 2.48. The number of aliphatic hydroxyl groups is 2. The van der Waals surface area contributed by atoms with Crippen molar-refractivity contribution in [3.05, 3.63) is 63.4 Å². The molecule has 192 valence electrons. The van der Waals surface area contributed by atoms with Gasteiger partial charge in [-0.3, -0.25) is 23.7 Å². The predicted molar refractivity (Wildman–Crippen MR) is 128 cm³/mol. The first kappa shape index (κ1) is 27.2. The van der Waals surface area contributed by atoms with Gasteiger partial charge in [-0.2, -0.15) is 5.09 Å². The van der Waals surface area contributed by atoms with Gasteiger partial charge in [0.05, 0.1) is 24.1 Å². The quantitative estimate of drug-likeness (QED) is 0.256. The minimum Gasteiger partial charge on any atom is -0.462 e. The molecule has 6 atom stereocenters. The molecule has 35 heavy (non-hydrogen) atoms. The van der Waals surface area contributed by atoms with Crippen molar-refractivity contribution in [1.82, 2.24) is 14.6 Å². The number of esters is 1. The SMILES string of the molecule is CC(C)OC(=O)[C@H](C)N[P@](=O)(OC[C@H]1S[C@@H](n2ccc(=O)[nH]c2=O)[C@H](O)[C@@H]1O)Oc1ccccc1. The highest BCUT2D eigenvalue weighted by Gasteiger charge is 2.45. The molecule has 1 aliphatic heterocycles. The molecule has 1 aromatic heterocycles. The zero-order valence-corrected chi connectivity index (χ0v) is 21.0. The number of hydrogen-bond donors (Lipinski definition) is 4. The molecule has 2 heterocycles. The Hall–Kier alpha value is -2.41. The highest BCUT2D eigenvalue weighted by atomic mass is 32.2. The summed E-state index contributed by atoms with van der Waals surface area (Å²) in [5.41, 5.74) is -1.35. The third-order valence-electron chi connectivity index (χ3n) is 4.90. The number of hydrogen-bond acceptors (Lipinski definition) is 10. The number of carbonyl (C=O) groups is 1. The fourth-order valence-electron chi connectivity index (χ4n) is 3.23. The van der Waals surface area contributed by atoms with Gasteiger partial charge in [-0.15, -0.1) is 11.8 Å². The maximum atomic E-state index is 13.6. The second kappa shape index (κ2) is 11.5. The van der Waals surface area contributed by atoms with E-state index in [-0.39, 0.29) is 18.5 Å². The Morgan fingerprint density at radius 3 is 2.49 bits per heavy atom. The number of H-pyrrole nitrogens is 1. The van der Waals surface area contributed by atoms with Crippen molar-refractivity contribution >= 4 is 25.5 Å². The van der Waals surface area contributed by atoms with Crippen LogP contribution >= 0.6 is 19.5 Å². The van der Waals surface area contributed by atoms with Crippen molar-refractivity contribution < 1.29 is 33.4 Å². The van der Waals surface area contributed by atoms with Crippen LogP contribution in [0.2, 0.25) is 0 Å². The van der Waals surface area contributed by atoms with E-state index < -0.39 is 53.8 Å². The third kappa shape index (κ3) is 7.06. The van der Waals surface area contributed by atoms with Crippen LogP contribution in [-0.4, -0.2) is 61.9 Å². The van der Waals surface area contributed by atoms with E-state index in [1.54, 1.807) is 44.2 Å². The Kier molecular flexibility index (Phi) is 8.97. The smallest absolute Gasteiger partial charge is 0.459 e. The average Bonchev–Trinajstić information content (AvgIpc) is 3.06. The number of rotatable bonds is 10. The number of thioether (sulfide) groups is 1. The van der Waals surface area contributed by atoms with Gasteiger partial charge in [0.1, 0.15) is 23.3 Å². The van der Waals surface area contributed by atoms with Crippen LogP contribution in [0.1, 0.15) is 26.1 Å². The summed E-state index contributed by atoms with van der Waals surface area (Å²) >= 11 is 1.00. The molecule has 1 saturated heterocycles. The number of nitrogens with one attached hydrogen (secondary N) is 2. The maximum Gasteiger partial charge on any atom is 0.459 e. The average molecular weight is 530 g/mol. The Morgan fingerprint density at radius 2 is 1.86 bits per heavy atom. The van der Waals surface area contributed by atoms with Crippen LogP contribution in [-0.2, 0) is 18.6 Å². The van der Waals surface area contributed by atoms with Crippen molar-refractivity contribution in [2.75, 3.05) is 6.61 Å². The number of aromatic amines is 1. The van der Waals surface area contributed by atoms with E-state index >= 15 is 0 Å². The van der Waals surface area contributed by atoms with Crippen LogP contribution in [0.5, 0.6) is 5.75 Å². The maximum absolute atomic E-state index is 13.6. The third-order valence-corrected chi connectivity index (χ3v) is 8.09. The van der Waals surface area contributed by atoms with Gasteiger partial charge in [0.2, 0.25) is 0 Å². The largest absolute Gasteiger partial charge is 0.462 e. The van der Waals surface area contributed by atoms with Crippen molar-refractivity contribution in [2.45, 2.75) is 55.7 Å². The van der Waals surface area contributed by atoms with Crippen LogP contribution in [0.3, 0.4) is 0 Å². The predicted octanol–water partition coefficient (Wildman–Crippen LogP) is 1.01. The van der Waals surface area contributed by atoms with Gasteiger partial charge in [-0.1, -0.05) is 18.2 Å². The minimum absolute atomic E-state index is 0.213. The fraction of sp³-hybridized carbons (Fsp3) is 0.476. The van der Waals surface area contributed by atoms with E-state index in [2.05, 4.69) is 10.1 Å². The fourth-order valence-corrected chi connectivity index (χ4v) is 6.29. The van der Waals surface area contributed by atoms with Gasteiger partial charge >= 0.3 is 19.4 Å². The summed E-state index contributed by atoms with van der Waals surface area (Å²) in [5.74, 6) is -0.450. The van der Waals surface area contributed by atoms with E-state index in [1.807, 2.05) is 0 Å². The van der Waals surface area contributed by atoms with Crippen LogP contribution in [0.25, 0.3) is 0 Å². The van der Waals surface area contributed by atoms with Gasteiger partial charge in [0.15, 0.2) is 0 Å². The molecule has 1 fully saturated rings. The van der Waals surface area contributed by atoms with Gasteiger partial charge in [0, 0.05) is 12.3 Å². The first-order valence-electron chi connectivity index (χ1n) is 10.8. The first-order chi connectivity index (χ1) is 16.5. The lowest BCUT2D eigenvalue weighted by Crippen LogP contribution is -2.38. The molecule has 1 aromatic carbocycles. The topological polar surface area (TPSA) is 169 Å². The molecule has 0 saturated carbocycles. The molecule has 0 radical (unpaired) electrons. The van der Waals surface area contributed by atoms with Crippen LogP contribution in [0, 0.1) is 0 Å². The van der Waals surface area contributed by atoms with E-state index in [1.165, 1.54) is 13.1 Å². The molecule has 12 nitrogen and oxygen atoms in total. The van der Waals surface area contributed by atoms with Crippen molar-refractivity contribution in [2.24, 2.45) is 0 Å². The Morgan fingerprint density at radius 1 is 1.17 bits per heavy atom. The molecule has 0 amide bonds. The van der Waals surface area contributed by atoms with Gasteiger partial charge < -0.3 is 19.5 Å². The number of ether oxygens (including phenoxy) is 1. The molecular formula is C21H28N3O9PS. The molecule has 3 rings (SSSR count). The van der Waals surface area contributed by atoms with E-state index in [0.717, 1.165) is 22.4 Å². The number of aliphatic hydroxyl groups excluding tert-OH is 2. The lowest BCUT2D eigenvalue weighted by atomic mass is 10.1. The Balaban J connectivity index is 1.75. The number of benzene rings is 1. The summed E-state index contributed by atoms with van der Waals surface area (Å²) in [6, 6.07) is 8.23. The van der Waals surface area contributed by atoms with Crippen LogP contribution < -0.4 is 20.9 Å². The lowest BCUT2D eigenvalue weighted by molar-refractivity contribution is -0.149. The molecule has 14 heteroatoms. The number of carbonyl (C=O) groups excluding carboxylic acids is 1. The molecule has 1 aliphatic rings. The van der Waals surface area contributed by atoms with E-state index in [9.17, 15) is 29.2 Å². The van der Waals surface area contributed by atoms with Gasteiger partial charge in [-0.25, -0.2) is 9.36 Å². The van der Waals surface area contributed by atoms with E-state index in [4.69, 9.17) is 13.8 Å².